The summed E-state index contributed by atoms with van der Waals surface area (Å²) < 4.78 is 5.47. The van der Waals surface area contributed by atoms with Gasteiger partial charge in [0, 0.05) is 18.0 Å². The molecule has 0 saturated carbocycles. The van der Waals surface area contributed by atoms with E-state index in [4.69, 9.17) is 15.9 Å². The van der Waals surface area contributed by atoms with Gasteiger partial charge in [-0.2, -0.15) is 0 Å². The fourth-order valence-electron chi connectivity index (χ4n) is 1.23. The molecule has 0 saturated heterocycles. The van der Waals surface area contributed by atoms with Gasteiger partial charge in [0.15, 0.2) is 5.75 Å². The zero-order valence-electron chi connectivity index (χ0n) is 8.69. The maximum atomic E-state index is 7.35. The average molecular weight is 217 g/mol. The normalized spacial score (nSPS) is 10.1. The number of ether oxygens (including phenoxy) is 1. The first-order valence-electron chi connectivity index (χ1n) is 4.66. The molecule has 0 spiro atoms. The van der Waals surface area contributed by atoms with Gasteiger partial charge in [-0.1, -0.05) is 0 Å². The van der Waals surface area contributed by atoms with Crippen LogP contribution >= 0.6 is 0 Å². The highest BCUT2D eigenvalue weighted by Crippen LogP contribution is 2.21. The van der Waals surface area contributed by atoms with Gasteiger partial charge in [-0.05, 0) is 19.1 Å². The van der Waals surface area contributed by atoms with Crippen LogP contribution in [0.3, 0.4) is 0 Å². The highest BCUT2D eigenvalue weighted by molar-refractivity contribution is 5.95. The highest BCUT2D eigenvalue weighted by Gasteiger charge is 2.09. The molecule has 0 aliphatic rings. The van der Waals surface area contributed by atoms with Crippen molar-refractivity contribution in [2.24, 2.45) is 5.73 Å². The third kappa shape index (κ3) is 2.00. The minimum absolute atomic E-state index is 0.136. The van der Waals surface area contributed by atoms with Crippen LogP contribution in [0, 0.1) is 12.3 Å². The van der Waals surface area contributed by atoms with Gasteiger partial charge in [-0.25, -0.2) is 4.98 Å². The Morgan fingerprint density at radius 1 is 1.56 bits per heavy atom. The molecule has 0 bridgehead atoms. The van der Waals surface area contributed by atoms with Crippen LogP contribution in [-0.4, -0.2) is 21.0 Å². The Morgan fingerprint density at radius 2 is 2.38 bits per heavy atom. The molecule has 0 aromatic carbocycles. The third-order valence-electron chi connectivity index (χ3n) is 1.92. The molecule has 0 atom stereocenters. The van der Waals surface area contributed by atoms with E-state index in [-0.39, 0.29) is 5.84 Å². The van der Waals surface area contributed by atoms with Crippen molar-refractivity contribution < 1.29 is 4.74 Å². The standard InChI is InChI=1S/C10H11N5O/c1-6-5-8(15-14-6)16-7-3-2-4-13-9(7)10(11)12/h2-5H,1H3,(H3,11,12)(H,14,15). The summed E-state index contributed by atoms with van der Waals surface area (Å²) in [5.74, 6) is 0.706. The number of nitrogen functional groups attached to an aromatic ring is 1. The summed E-state index contributed by atoms with van der Waals surface area (Å²) in [4.78, 5) is 3.97. The van der Waals surface area contributed by atoms with Crippen molar-refractivity contribution in [3.05, 3.63) is 35.8 Å². The number of rotatable bonds is 3. The first-order chi connectivity index (χ1) is 7.66. The summed E-state index contributed by atoms with van der Waals surface area (Å²) in [6.45, 7) is 1.87. The minimum Gasteiger partial charge on any atom is -0.435 e. The quantitative estimate of drug-likeness (QED) is 0.531. The number of hydrogen-bond acceptors (Lipinski definition) is 4. The monoisotopic (exact) mass is 217 g/mol. The topological polar surface area (TPSA) is 101 Å². The van der Waals surface area contributed by atoms with Gasteiger partial charge in [0.25, 0.3) is 0 Å². The maximum absolute atomic E-state index is 7.35. The zero-order chi connectivity index (χ0) is 11.5. The van der Waals surface area contributed by atoms with Crippen molar-refractivity contribution in [2.45, 2.75) is 6.92 Å². The second-order valence-corrected chi connectivity index (χ2v) is 3.26. The predicted molar refractivity (Wildman–Crippen MR) is 58.7 cm³/mol. The van der Waals surface area contributed by atoms with Crippen LogP contribution in [0.25, 0.3) is 0 Å². The molecule has 0 unspecified atom stereocenters. The summed E-state index contributed by atoms with van der Waals surface area (Å²) in [6.07, 6.45) is 1.55. The molecule has 2 rings (SSSR count). The number of aromatic amines is 1. The van der Waals surface area contributed by atoms with Crippen LogP contribution in [0.5, 0.6) is 11.6 Å². The molecule has 82 valence electrons. The lowest BCUT2D eigenvalue weighted by molar-refractivity contribution is 0.458. The molecule has 4 N–H and O–H groups in total. The molecular formula is C10H11N5O. The zero-order valence-corrected chi connectivity index (χ0v) is 8.69. The van der Waals surface area contributed by atoms with Crippen molar-refractivity contribution in [1.29, 1.82) is 5.41 Å². The van der Waals surface area contributed by atoms with Gasteiger partial charge >= 0.3 is 0 Å². The van der Waals surface area contributed by atoms with Crippen LogP contribution < -0.4 is 10.5 Å². The molecule has 2 heterocycles. The Hall–Kier alpha value is -2.37. The Bertz CT molecular complexity index is 519. The van der Waals surface area contributed by atoms with E-state index >= 15 is 0 Å². The van der Waals surface area contributed by atoms with E-state index in [1.807, 2.05) is 6.92 Å². The molecule has 0 aliphatic carbocycles. The number of aromatic nitrogens is 3. The summed E-state index contributed by atoms with van der Waals surface area (Å²) in [5, 5.41) is 14.0. The fraction of sp³-hybridized carbons (Fsp3) is 0.100. The maximum Gasteiger partial charge on any atom is 0.238 e. The number of aryl methyl sites for hydroxylation is 1. The number of nitrogens with one attached hydrogen (secondary N) is 2. The van der Waals surface area contributed by atoms with E-state index in [0.717, 1.165) is 5.69 Å². The lowest BCUT2D eigenvalue weighted by Crippen LogP contribution is -2.14. The van der Waals surface area contributed by atoms with Crippen molar-refractivity contribution >= 4 is 5.84 Å². The molecule has 6 nitrogen and oxygen atoms in total. The second kappa shape index (κ2) is 4.01. The highest BCUT2D eigenvalue weighted by atomic mass is 16.5. The van der Waals surface area contributed by atoms with Crippen LogP contribution in [0.1, 0.15) is 11.4 Å². The second-order valence-electron chi connectivity index (χ2n) is 3.26. The smallest absolute Gasteiger partial charge is 0.238 e. The van der Waals surface area contributed by atoms with E-state index in [1.165, 1.54) is 0 Å². The van der Waals surface area contributed by atoms with Gasteiger partial charge in [0.2, 0.25) is 5.88 Å². The largest absolute Gasteiger partial charge is 0.435 e. The van der Waals surface area contributed by atoms with E-state index in [0.29, 0.717) is 17.3 Å². The van der Waals surface area contributed by atoms with Crippen LogP contribution in [0.2, 0.25) is 0 Å². The molecule has 0 aliphatic heterocycles. The van der Waals surface area contributed by atoms with Gasteiger partial charge in [0.1, 0.15) is 11.5 Å². The van der Waals surface area contributed by atoms with Crippen LogP contribution in [0.4, 0.5) is 0 Å². The van der Waals surface area contributed by atoms with E-state index in [1.54, 1.807) is 24.4 Å². The Kier molecular flexibility index (Phi) is 2.55. The molecule has 0 amide bonds. The first kappa shape index (κ1) is 10.2. The Balaban J connectivity index is 2.31. The number of nitrogens with zero attached hydrogens (tertiary/aromatic N) is 2. The molecule has 16 heavy (non-hydrogen) atoms. The number of H-pyrrole nitrogens is 1. The van der Waals surface area contributed by atoms with E-state index < -0.39 is 0 Å². The first-order valence-corrected chi connectivity index (χ1v) is 4.66. The molecule has 2 aromatic heterocycles. The van der Waals surface area contributed by atoms with Crippen molar-refractivity contribution in [3.63, 3.8) is 0 Å². The van der Waals surface area contributed by atoms with Crippen molar-refractivity contribution in [2.75, 3.05) is 0 Å². The van der Waals surface area contributed by atoms with E-state index in [2.05, 4.69) is 15.2 Å². The Morgan fingerprint density at radius 3 is 3.00 bits per heavy atom. The molecule has 2 aromatic rings. The SMILES string of the molecule is Cc1cc(Oc2cccnc2C(=N)N)n[nH]1. The summed E-state index contributed by atoms with van der Waals surface area (Å²) in [5.41, 5.74) is 6.59. The van der Waals surface area contributed by atoms with Crippen LogP contribution in [0.15, 0.2) is 24.4 Å². The molecule has 6 heteroatoms. The summed E-state index contributed by atoms with van der Waals surface area (Å²) in [7, 11) is 0. The number of hydrogen-bond donors (Lipinski definition) is 3. The molecule has 0 fully saturated rings. The number of pyridine rings is 1. The minimum atomic E-state index is -0.136. The average Bonchev–Trinajstić information content (AvgIpc) is 2.64. The van der Waals surface area contributed by atoms with Crippen molar-refractivity contribution in [1.82, 2.24) is 15.2 Å². The third-order valence-corrected chi connectivity index (χ3v) is 1.92. The van der Waals surface area contributed by atoms with E-state index in [9.17, 15) is 0 Å². The molecular weight excluding hydrogens is 206 g/mol. The van der Waals surface area contributed by atoms with Gasteiger partial charge in [-0.3, -0.25) is 10.5 Å². The predicted octanol–water partition coefficient (Wildman–Crippen LogP) is 1.19. The van der Waals surface area contributed by atoms with Gasteiger partial charge < -0.3 is 10.5 Å². The van der Waals surface area contributed by atoms with Crippen LogP contribution in [-0.2, 0) is 0 Å². The van der Waals surface area contributed by atoms with Gasteiger partial charge in [-0.15, -0.1) is 5.10 Å². The van der Waals surface area contributed by atoms with Gasteiger partial charge in [0.05, 0.1) is 0 Å². The summed E-state index contributed by atoms with van der Waals surface area (Å²) >= 11 is 0. The number of amidine groups is 1. The van der Waals surface area contributed by atoms with Crippen molar-refractivity contribution in [3.8, 4) is 11.6 Å². The number of nitrogens with two attached hydrogens (primary N) is 1. The molecule has 0 radical (unpaired) electrons. The lowest BCUT2D eigenvalue weighted by atomic mass is 10.3. The summed E-state index contributed by atoms with van der Waals surface area (Å²) in [6, 6.07) is 5.14. The lowest BCUT2D eigenvalue weighted by Gasteiger charge is -2.05. The fourth-order valence-corrected chi connectivity index (χ4v) is 1.23. The Labute approximate surface area is 92.0 Å².